The zero-order valence-electron chi connectivity index (χ0n) is 9.26. The lowest BCUT2D eigenvalue weighted by Gasteiger charge is -2.61. The van der Waals surface area contributed by atoms with Crippen LogP contribution in [0, 0.1) is 11.3 Å². The molecule has 4 heteroatoms. The van der Waals surface area contributed by atoms with Crippen LogP contribution in [0.4, 0.5) is 0 Å². The molecule has 1 unspecified atom stereocenters. The summed E-state index contributed by atoms with van der Waals surface area (Å²) < 4.78 is 11.3. The van der Waals surface area contributed by atoms with Crippen molar-refractivity contribution in [3.8, 4) is 0 Å². The van der Waals surface area contributed by atoms with Gasteiger partial charge >= 0.3 is 0 Å². The van der Waals surface area contributed by atoms with Gasteiger partial charge in [0.25, 0.3) is 0 Å². The average molecular weight is 226 g/mol. The molecule has 0 aromatic rings. The Hall–Kier alpha value is -0.160. The second-order valence-electron chi connectivity index (χ2n) is 5.91. The molecule has 16 heavy (non-hydrogen) atoms. The van der Waals surface area contributed by atoms with Crippen LogP contribution in [0.3, 0.4) is 0 Å². The topological polar surface area (TPSA) is 62.2 Å². The van der Waals surface area contributed by atoms with E-state index >= 15 is 0 Å². The molecule has 5 aliphatic rings. The summed E-state index contributed by atoms with van der Waals surface area (Å²) in [5.74, 6) is 0.376. The third-order valence-electron chi connectivity index (χ3n) is 5.37. The number of epoxide rings is 1. The van der Waals surface area contributed by atoms with E-state index in [0.717, 1.165) is 32.1 Å². The molecule has 2 spiro atoms. The summed E-state index contributed by atoms with van der Waals surface area (Å²) >= 11 is 0. The molecule has 3 aliphatic heterocycles. The van der Waals surface area contributed by atoms with Crippen molar-refractivity contribution in [1.82, 2.24) is 0 Å². The average Bonchev–Trinajstić information content (AvgIpc) is 2.97. The summed E-state index contributed by atoms with van der Waals surface area (Å²) in [6, 6.07) is 0. The molecule has 5 rings (SSSR count). The van der Waals surface area contributed by atoms with Crippen LogP contribution >= 0.6 is 0 Å². The smallest absolute Gasteiger partial charge is 0.166 e. The van der Waals surface area contributed by atoms with Gasteiger partial charge in [0.05, 0.1) is 24.2 Å². The second-order valence-corrected chi connectivity index (χ2v) is 5.91. The second kappa shape index (κ2) is 2.80. The molecule has 0 radical (unpaired) electrons. The van der Waals surface area contributed by atoms with Gasteiger partial charge in [-0.1, -0.05) is 6.42 Å². The number of rotatable bonds is 0. The summed E-state index contributed by atoms with van der Waals surface area (Å²) in [7, 11) is 0. The minimum Gasteiger partial charge on any atom is -0.392 e. The Morgan fingerprint density at radius 3 is 2.75 bits per heavy atom. The van der Waals surface area contributed by atoms with E-state index in [1.54, 1.807) is 0 Å². The van der Waals surface area contributed by atoms with E-state index in [2.05, 4.69) is 0 Å². The van der Waals surface area contributed by atoms with Gasteiger partial charge in [-0.15, -0.1) is 0 Å². The van der Waals surface area contributed by atoms with Crippen LogP contribution in [0.15, 0.2) is 0 Å². The van der Waals surface area contributed by atoms with Gasteiger partial charge in [0, 0.05) is 6.42 Å². The highest BCUT2D eigenvalue weighted by molar-refractivity contribution is 5.22. The van der Waals surface area contributed by atoms with Gasteiger partial charge in [-0.05, 0) is 25.2 Å². The monoisotopic (exact) mass is 226 g/mol. The molecule has 3 heterocycles. The van der Waals surface area contributed by atoms with E-state index < -0.39 is 17.8 Å². The number of aliphatic hydroxyl groups excluding tert-OH is 2. The third-order valence-corrected chi connectivity index (χ3v) is 5.37. The van der Waals surface area contributed by atoms with Crippen molar-refractivity contribution in [3.05, 3.63) is 0 Å². The lowest BCUT2D eigenvalue weighted by molar-refractivity contribution is -0.344. The molecule has 2 saturated carbocycles. The van der Waals surface area contributed by atoms with Crippen molar-refractivity contribution < 1.29 is 19.7 Å². The van der Waals surface area contributed by atoms with E-state index in [0.29, 0.717) is 12.5 Å². The summed E-state index contributed by atoms with van der Waals surface area (Å²) in [6.45, 7) is 0.692. The van der Waals surface area contributed by atoms with Crippen molar-refractivity contribution in [3.63, 3.8) is 0 Å². The van der Waals surface area contributed by atoms with Gasteiger partial charge in [0.2, 0.25) is 0 Å². The highest BCUT2D eigenvalue weighted by atomic mass is 16.6. The zero-order chi connectivity index (χ0) is 11.0. The number of hydrogen-bond acceptors (Lipinski definition) is 4. The molecular formula is C12H18O4. The molecule has 0 aromatic carbocycles. The maximum atomic E-state index is 10.4. The third kappa shape index (κ3) is 0.883. The molecule has 4 nitrogen and oxygen atoms in total. The molecule has 0 amide bonds. The quantitative estimate of drug-likeness (QED) is 0.587. The van der Waals surface area contributed by atoms with Crippen LogP contribution in [-0.4, -0.2) is 40.9 Å². The minimum absolute atomic E-state index is 0.134. The van der Waals surface area contributed by atoms with Gasteiger partial charge in [0.1, 0.15) is 5.60 Å². The van der Waals surface area contributed by atoms with Crippen molar-refractivity contribution in [1.29, 1.82) is 0 Å². The van der Waals surface area contributed by atoms with Gasteiger partial charge in [-0.3, -0.25) is 0 Å². The predicted octanol–water partition coefficient (Wildman–Crippen LogP) is 0.414. The highest BCUT2D eigenvalue weighted by Gasteiger charge is 2.76. The zero-order valence-corrected chi connectivity index (χ0v) is 9.26. The maximum absolute atomic E-state index is 10.4. The molecule has 6 atom stereocenters. The fraction of sp³-hybridized carbons (Fsp3) is 1.00. The van der Waals surface area contributed by atoms with Crippen LogP contribution in [0.5, 0.6) is 0 Å². The molecule has 90 valence electrons. The Kier molecular flexibility index (Phi) is 1.72. The molecule has 2 aliphatic carbocycles. The van der Waals surface area contributed by atoms with Crippen LogP contribution in [0.1, 0.15) is 32.1 Å². The van der Waals surface area contributed by atoms with Gasteiger partial charge in [-0.2, -0.15) is 0 Å². The first-order valence-electron chi connectivity index (χ1n) is 6.34. The molecule has 2 bridgehead atoms. The normalized spacial score (nSPS) is 63.4. The van der Waals surface area contributed by atoms with Crippen LogP contribution in [0.2, 0.25) is 0 Å². The van der Waals surface area contributed by atoms with E-state index in [4.69, 9.17) is 9.47 Å². The minimum atomic E-state index is -0.831. The molecule has 0 aromatic heterocycles. The Morgan fingerprint density at radius 2 is 2.00 bits per heavy atom. The number of fused-ring (bicyclic) bond motifs is 1. The van der Waals surface area contributed by atoms with Crippen LogP contribution in [-0.2, 0) is 9.47 Å². The van der Waals surface area contributed by atoms with E-state index in [-0.39, 0.29) is 11.7 Å². The summed E-state index contributed by atoms with van der Waals surface area (Å²) in [5.41, 5.74) is -0.794. The van der Waals surface area contributed by atoms with Crippen molar-refractivity contribution in [2.45, 2.75) is 56.2 Å². The van der Waals surface area contributed by atoms with Crippen LogP contribution < -0.4 is 0 Å². The highest BCUT2D eigenvalue weighted by Crippen LogP contribution is 2.67. The molecule has 3 saturated heterocycles. The van der Waals surface area contributed by atoms with Crippen LogP contribution in [0.25, 0.3) is 0 Å². The number of ether oxygens (including phenoxy) is 2. The summed E-state index contributed by atoms with van der Waals surface area (Å²) in [5, 5.41) is 20.7. The Balaban J connectivity index is 1.85. The Labute approximate surface area is 94.5 Å². The Morgan fingerprint density at radius 1 is 1.19 bits per heavy atom. The standard InChI is InChI=1S/C12H18O4/c13-9-3-1-2-7-4-8-5-11(6-15-11)12(7,9)10(14)16-8/h7-10,13-14H,1-6H2/t7-,8+,9-,10?,11-,12-/m0/s1. The largest absolute Gasteiger partial charge is 0.392 e. The first kappa shape index (κ1) is 9.83. The molecular weight excluding hydrogens is 208 g/mol. The number of hydrogen-bond donors (Lipinski definition) is 2. The van der Waals surface area contributed by atoms with Gasteiger partial charge in [-0.25, -0.2) is 0 Å². The fourth-order valence-electron chi connectivity index (χ4n) is 4.69. The lowest BCUT2D eigenvalue weighted by Crippen LogP contribution is -2.70. The SMILES string of the molecule is OC1O[C@@H]2C[C@@H]3CCC[C@H](O)[C@]13[C@@]1(CO1)C2. The maximum Gasteiger partial charge on any atom is 0.166 e. The summed E-state index contributed by atoms with van der Waals surface area (Å²) in [4.78, 5) is 0. The van der Waals surface area contributed by atoms with Gasteiger partial charge < -0.3 is 19.7 Å². The van der Waals surface area contributed by atoms with Gasteiger partial charge in [0.15, 0.2) is 6.29 Å². The van der Waals surface area contributed by atoms with E-state index in [1.165, 1.54) is 0 Å². The first-order chi connectivity index (χ1) is 7.69. The fourth-order valence-corrected chi connectivity index (χ4v) is 4.69. The van der Waals surface area contributed by atoms with E-state index in [9.17, 15) is 10.2 Å². The predicted molar refractivity (Wildman–Crippen MR) is 54.6 cm³/mol. The lowest BCUT2D eigenvalue weighted by atomic mass is 9.50. The summed E-state index contributed by atoms with van der Waals surface area (Å²) in [6.07, 6.45) is 3.61. The Bertz CT molecular complexity index is 321. The van der Waals surface area contributed by atoms with E-state index in [1.807, 2.05) is 0 Å². The van der Waals surface area contributed by atoms with Crippen molar-refractivity contribution >= 4 is 0 Å². The van der Waals surface area contributed by atoms with Crippen molar-refractivity contribution in [2.24, 2.45) is 11.3 Å². The molecule has 5 fully saturated rings. The number of aliphatic hydroxyl groups is 2. The first-order valence-corrected chi connectivity index (χ1v) is 6.34. The molecule has 2 N–H and O–H groups in total. The van der Waals surface area contributed by atoms with Crippen molar-refractivity contribution in [2.75, 3.05) is 6.61 Å².